The maximum absolute atomic E-state index is 13.3. The number of hydrogen-bond donors (Lipinski definition) is 4. The maximum atomic E-state index is 13.3. The molecular weight excluding hydrogens is 444 g/mol. The van der Waals surface area contributed by atoms with Gasteiger partial charge in [0.2, 0.25) is 0 Å². The third kappa shape index (κ3) is 3.43. The zero-order valence-corrected chi connectivity index (χ0v) is 19.6. The number of carbonyl (C=O) groups is 3. The Labute approximate surface area is 198 Å². The first kappa shape index (κ1) is 24.1. The molecule has 3 saturated carbocycles. The summed E-state index contributed by atoms with van der Waals surface area (Å²) in [5, 5.41) is 39.5. The first-order valence-corrected chi connectivity index (χ1v) is 12.3. The number of rotatable bonds is 3. The van der Waals surface area contributed by atoms with Crippen molar-refractivity contribution >= 4 is 17.5 Å². The fraction of sp³-hybridized carbons (Fsp3) is 0.800. The van der Waals surface area contributed by atoms with Gasteiger partial charge in [-0.05, 0) is 61.9 Å². The molecule has 4 unspecified atom stereocenters. The number of ketones is 2. The van der Waals surface area contributed by atoms with Gasteiger partial charge in [-0.3, -0.25) is 9.59 Å². The first-order valence-electron chi connectivity index (χ1n) is 12.3. The lowest BCUT2D eigenvalue weighted by Gasteiger charge is -2.56. The van der Waals surface area contributed by atoms with Crippen LogP contribution in [0.5, 0.6) is 0 Å². The van der Waals surface area contributed by atoms with Crippen molar-refractivity contribution in [2.24, 2.45) is 28.6 Å². The van der Waals surface area contributed by atoms with E-state index in [4.69, 9.17) is 9.47 Å². The minimum Gasteiger partial charge on any atom is -0.479 e. The molecule has 0 aromatic carbocycles. The Morgan fingerprint density at radius 2 is 1.68 bits per heavy atom. The minimum absolute atomic E-state index is 0.0854. The van der Waals surface area contributed by atoms with Gasteiger partial charge < -0.3 is 29.9 Å². The van der Waals surface area contributed by atoms with Crippen LogP contribution in [0, 0.1) is 28.6 Å². The van der Waals surface area contributed by atoms with E-state index in [-0.39, 0.29) is 34.4 Å². The Hall–Kier alpha value is -1.65. The summed E-state index contributed by atoms with van der Waals surface area (Å²) in [5.74, 6) is -0.935. The van der Waals surface area contributed by atoms with Gasteiger partial charge in [0.15, 0.2) is 18.2 Å². The molecule has 0 spiro atoms. The van der Waals surface area contributed by atoms with E-state index in [0.29, 0.717) is 25.0 Å². The van der Waals surface area contributed by atoms with Crippen LogP contribution < -0.4 is 0 Å². The van der Waals surface area contributed by atoms with Crippen molar-refractivity contribution in [1.29, 1.82) is 0 Å². The summed E-state index contributed by atoms with van der Waals surface area (Å²) in [7, 11) is 0. The number of fused-ring (bicyclic) bond motifs is 5. The Bertz CT molecular complexity index is 929. The fourth-order valence-corrected chi connectivity index (χ4v) is 7.61. The average Bonchev–Trinajstić information content (AvgIpc) is 3.09. The lowest BCUT2D eigenvalue weighted by atomic mass is 9.48. The predicted octanol–water partition coefficient (Wildman–Crippen LogP) is 0.975. The van der Waals surface area contributed by atoms with Crippen LogP contribution in [0.4, 0.5) is 0 Å². The molecule has 5 aliphatic rings. The van der Waals surface area contributed by atoms with Crippen molar-refractivity contribution in [1.82, 2.24) is 0 Å². The van der Waals surface area contributed by atoms with Crippen LogP contribution in [0.3, 0.4) is 0 Å². The quantitative estimate of drug-likeness (QED) is 0.465. The van der Waals surface area contributed by atoms with Gasteiger partial charge in [0.05, 0.1) is 6.10 Å². The smallest absolute Gasteiger partial charge is 0.335 e. The van der Waals surface area contributed by atoms with Gasteiger partial charge in [-0.2, -0.15) is 0 Å². The minimum atomic E-state index is -1.77. The van der Waals surface area contributed by atoms with Crippen LogP contribution in [0.25, 0.3) is 0 Å². The molecule has 5 rings (SSSR count). The Morgan fingerprint density at radius 1 is 1.00 bits per heavy atom. The zero-order chi connectivity index (χ0) is 24.6. The van der Waals surface area contributed by atoms with Crippen molar-refractivity contribution in [3.8, 4) is 0 Å². The molecule has 4 fully saturated rings. The van der Waals surface area contributed by atoms with Crippen molar-refractivity contribution in [3.05, 3.63) is 11.6 Å². The van der Waals surface area contributed by atoms with Crippen LogP contribution in [-0.2, 0) is 23.9 Å². The van der Waals surface area contributed by atoms with E-state index in [0.717, 1.165) is 31.3 Å². The van der Waals surface area contributed by atoms with Gasteiger partial charge in [-0.25, -0.2) is 4.79 Å². The lowest BCUT2D eigenvalue weighted by molar-refractivity contribution is -0.306. The second kappa shape index (κ2) is 8.20. The molecule has 1 aliphatic heterocycles. The summed E-state index contributed by atoms with van der Waals surface area (Å²) >= 11 is 0. The Morgan fingerprint density at radius 3 is 2.38 bits per heavy atom. The van der Waals surface area contributed by atoms with Crippen LogP contribution in [0.15, 0.2) is 11.6 Å². The molecule has 9 heteroatoms. The monoisotopic (exact) mass is 478 g/mol. The second-order valence-corrected chi connectivity index (χ2v) is 11.4. The molecule has 188 valence electrons. The van der Waals surface area contributed by atoms with Crippen LogP contribution in [-0.4, -0.2) is 74.8 Å². The predicted molar refractivity (Wildman–Crippen MR) is 116 cm³/mol. The average molecular weight is 479 g/mol. The standard InChI is InChI=1S/C25H34O9/c1-24-7-5-12(33-23-20(30)18(28)19(29)21(34-23)22(31)32)9-11(24)10-15(26)17-13-3-4-16(27)25(13,2)8-6-14(17)24/h10,12-14,17-21,23,28-30H,3-9H2,1-2H3,(H,31,32)/t12-,13?,14?,17?,18-,19-,20+,21-,23?,24-,25-/m0/s1. The van der Waals surface area contributed by atoms with E-state index in [9.17, 15) is 34.8 Å². The van der Waals surface area contributed by atoms with E-state index in [1.165, 1.54) is 0 Å². The van der Waals surface area contributed by atoms with E-state index < -0.39 is 42.8 Å². The molecule has 1 heterocycles. The van der Waals surface area contributed by atoms with Gasteiger partial charge in [0.1, 0.15) is 24.1 Å². The molecule has 0 bridgehead atoms. The molecule has 11 atom stereocenters. The highest BCUT2D eigenvalue weighted by molar-refractivity contribution is 5.96. The van der Waals surface area contributed by atoms with Crippen molar-refractivity contribution in [3.63, 3.8) is 0 Å². The summed E-state index contributed by atoms with van der Waals surface area (Å²) in [6.45, 7) is 4.24. The van der Waals surface area contributed by atoms with E-state index in [1.807, 2.05) is 6.92 Å². The summed E-state index contributed by atoms with van der Waals surface area (Å²) in [6, 6.07) is 0. The highest BCUT2D eigenvalue weighted by Crippen LogP contribution is 2.63. The zero-order valence-electron chi connectivity index (χ0n) is 19.6. The van der Waals surface area contributed by atoms with Gasteiger partial charge in [-0.1, -0.05) is 19.4 Å². The topological polar surface area (TPSA) is 151 Å². The number of carbonyl (C=O) groups excluding carboxylic acids is 2. The van der Waals surface area contributed by atoms with Crippen molar-refractivity contribution < 1.29 is 44.3 Å². The Kier molecular flexibility index (Phi) is 5.80. The van der Waals surface area contributed by atoms with Gasteiger partial charge in [-0.15, -0.1) is 0 Å². The largest absolute Gasteiger partial charge is 0.479 e. The SMILES string of the molecule is C[C@]12CC[C@H](OC3O[C@H](C(=O)O)[C@@H](O)[C@H](O)[C@H]3O)CC1=CC(=O)C1C2CC[C@]2(C)C(=O)CCC12. The highest BCUT2D eigenvalue weighted by atomic mass is 16.7. The summed E-state index contributed by atoms with van der Waals surface area (Å²) in [4.78, 5) is 37.3. The number of aliphatic carboxylic acids is 1. The highest BCUT2D eigenvalue weighted by Gasteiger charge is 2.61. The second-order valence-electron chi connectivity index (χ2n) is 11.4. The number of ether oxygens (including phenoxy) is 2. The van der Waals surface area contributed by atoms with Crippen LogP contribution in [0.2, 0.25) is 0 Å². The van der Waals surface area contributed by atoms with Gasteiger partial charge >= 0.3 is 5.97 Å². The molecule has 0 aromatic rings. The number of hydrogen-bond acceptors (Lipinski definition) is 8. The van der Waals surface area contributed by atoms with Crippen molar-refractivity contribution in [2.45, 2.75) is 95.6 Å². The number of carboxylic acid groups (broad SMARTS) is 1. The molecule has 34 heavy (non-hydrogen) atoms. The third-order valence-corrected chi connectivity index (χ3v) is 9.75. The third-order valence-electron chi connectivity index (χ3n) is 9.75. The molecule has 0 radical (unpaired) electrons. The number of aliphatic hydroxyl groups is 3. The number of allylic oxidation sites excluding steroid dienone is 1. The lowest BCUT2D eigenvalue weighted by Crippen LogP contribution is -2.61. The first-order chi connectivity index (χ1) is 16.0. The van der Waals surface area contributed by atoms with E-state index >= 15 is 0 Å². The number of carboxylic acids is 1. The number of Topliss-reactive ketones (excluding diaryl/α,β-unsaturated/α-hetero) is 1. The summed E-state index contributed by atoms with van der Waals surface area (Å²) < 4.78 is 11.2. The summed E-state index contributed by atoms with van der Waals surface area (Å²) in [5.41, 5.74) is 0.416. The molecular formula is C25H34O9. The molecule has 4 N–H and O–H groups in total. The van der Waals surface area contributed by atoms with E-state index in [1.54, 1.807) is 6.08 Å². The normalized spacial score (nSPS) is 50.7. The molecule has 9 nitrogen and oxygen atoms in total. The van der Waals surface area contributed by atoms with Gasteiger partial charge in [0, 0.05) is 17.8 Å². The molecule has 0 aromatic heterocycles. The molecule has 1 saturated heterocycles. The number of aliphatic hydroxyl groups excluding tert-OH is 3. The van der Waals surface area contributed by atoms with E-state index in [2.05, 4.69) is 6.92 Å². The van der Waals surface area contributed by atoms with Gasteiger partial charge in [0.25, 0.3) is 0 Å². The molecule has 0 amide bonds. The van der Waals surface area contributed by atoms with Crippen LogP contribution in [0.1, 0.15) is 58.8 Å². The maximum Gasteiger partial charge on any atom is 0.335 e. The van der Waals surface area contributed by atoms with Crippen molar-refractivity contribution in [2.75, 3.05) is 0 Å². The van der Waals surface area contributed by atoms with Crippen LogP contribution >= 0.6 is 0 Å². The Balaban J connectivity index is 1.34. The fourth-order valence-electron chi connectivity index (χ4n) is 7.61. The summed E-state index contributed by atoms with van der Waals surface area (Å²) in [6.07, 6.45) is -2.07. The molecule has 4 aliphatic carbocycles.